The fourth-order valence-electron chi connectivity index (χ4n) is 2.58. The van der Waals surface area contributed by atoms with Gasteiger partial charge in [-0.3, -0.25) is 4.79 Å². The summed E-state index contributed by atoms with van der Waals surface area (Å²) in [5.74, 6) is 0.0590. The Morgan fingerprint density at radius 3 is 2.96 bits per heavy atom. The summed E-state index contributed by atoms with van der Waals surface area (Å²) in [4.78, 5) is 24.0. The molecule has 0 fully saturated rings. The highest BCUT2D eigenvalue weighted by atomic mass is 32.2. The molecule has 26 heavy (non-hydrogen) atoms. The van der Waals surface area contributed by atoms with Crippen molar-refractivity contribution < 1.29 is 4.79 Å². The smallest absolute Gasteiger partial charge is 0.236 e. The van der Waals surface area contributed by atoms with Gasteiger partial charge in [-0.15, -0.1) is 21.5 Å². The maximum Gasteiger partial charge on any atom is 0.236 e. The van der Waals surface area contributed by atoms with Gasteiger partial charge in [-0.1, -0.05) is 24.8 Å². The zero-order chi connectivity index (χ0) is 18.1. The predicted molar refractivity (Wildman–Crippen MR) is 105 cm³/mol. The normalized spacial score (nSPS) is 11.3. The van der Waals surface area contributed by atoms with Crippen LogP contribution in [0.4, 0.5) is 5.13 Å². The number of nitrogens with one attached hydrogen (secondary N) is 2. The molecule has 1 aromatic carbocycles. The molecule has 0 atom stereocenters. The van der Waals surface area contributed by atoms with Crippen LogP contribution in [0.15, 0.2) is 28.7 Å². The average molecular weight is 384 g/mol. The summed E-state index contributed by atoms with van der Waals surface area (Å²) >= 11 is 2.65. The molecule has 0 aliphatic carbocycles. The number of thioether (sulfide) groups is 1. The van der Waals surface area contributed by atoms with E-state index in [0.29, 0.717) is 15.9 Å². The number of rotatable bonds is 5. The SMILES string of the molecule is CCc1ccc2[nH]c3nc(SCC(=O)Nc4nc(C)cs4)nnc3c2c1. The Kier molecular flexibility index (Phi) is 4.56. The highest BCUT2D eigenvalue weighted by molar-refractivity contribution is 7.99. The molecule has 0 bridgehead atoms. The number of hydrogen-bond donors (Lipinski definition) is 2. The number of amides is 1. The molecule has 0 spiro atoms. The zero-order valence-electron chi connectivity index (χ0n) is 14.2. The molecule has 0 aliphatic rings. The second kappa shape index (κ2) is 7.00. The van der Waals surface area contributed by atoms with E-state index in [0.717, 1.165) is 28.5 Å². The van der Waals surface area contributed by atoms with Gasteiger partial charge in [0.2, 0.25) is 11.1 Å². The van der Waals surface area contributed by atoms with Gasteiger partial charge in [-0.2, -0.15) is 0 Å². The Morgan fingerprint density at radius 1 is 1.31 bits per heavy atom. The number of thiazole rings is 1. The quantitative estimate of drug-likeness (QED) is 0.511. The number of aromatic amines is 1. The van der Waals surface area contributed by atoms with Gasteiger partial charge in [-0.05, 0) is 31.0 Å². The van der Waals surface area contributed by atoms with E-state index in [1.807, 2.05) is 18.4 Å². The minimum absolute atomic E-state index is 0.141. The van der Waals surface area contributed by atoms with Crippen molar-refractivity contribution in [2.45, 2.75) is 25.4 Å². The molecule has 9 heteroatoms. The summed E-state index contributed by atoms with van der Waals surface area (Å²) < 4.78 is 0. The summed E-state index contributed by atoms with van der Waals surface area (Å²) in [6.45, 7) is 4.01. The summed E-state index contributed by atoms with van der Waals surface area (Å²) in [6.07, 6.45) is 0.963. The highest BCUT2D eigenvalue weighted by Crippen LogP contribution is 2.25. The topological polar surface area (TPSA) is 96.5 Å². The molecule has 1 amide bonds. The predicted octanol–water partition coefficient (Wildman–Crippen LogP) is 3.56. The number of carbonyl (C=O) groups is 1. The van der Waals surface area contributed by atoms with Gasteiger partial charge in [0.1, 0.15) is 5.52 Å². The van der Waals surface area contributed by atoms with Crippen LogP contribution in [0.25, 0.3) is 22.1 Å². The van der Waals surface area contributed by atoms with Crippen LogP contribution in [0.1, 0.15) is 18.2 Å². The molecule has 0 unspecified atom stereocenters. The van der Waals surface area contributed by atoms with Crippen LogP contribution in [0.5, 0.6) is 0 Å². The Labute approximate surface area is 157 Å². The minimum atomic E-state index is -0.141. The van der Waals surface area contributed by atoms with Crippen LogP contribution in [0, 0.1) is 6.92 Å². The van der Waals surface area contributed by atoms with Gasteiger partial charge in [0, 0.05) is 16.3 Å². The van der Waals surface area contributed by atoms with E-state index < -0.39 is 0 Å². The van der Waals surface area contributed by atoms with Gasteiger partial charge in [0.05, 0.1) is 11.4 Å². The maximum atomic E-state index is 12.0. The van der Waals surface area contributed by atoms with Crippen LogP contribution in [0.2, 0.25) is 0 Å². The number of fused-ring (bicyclic) bond motifs is 3. The van der Waals surface area contributed by atoms with E-state index >= 15 is 0 Å². The molecule has 3 heterocycles. The molecule has 4 rings (SSSR count). The summed E-state index contributed by atoms with van der Waals surface area (Å²) in [6, 6.07) is 6.24. The van der Waals surface area contributed by atoms with E-state index in [9.17, 15) is 4.79 Å². The minimum Gasteiger partial charge on any atom is -0.338 e. The lowest BCUT2D eigenvalue weighted by Gasteiger charge is -2.00. The van der Waals surface area contributed by atoms with Gasteiger partial charge < -0.3 is 10.3 Å². The van der Waals surface area contributed by atoms with Crippen LogP contribution in [0.3, 0.4) is 0 Å². The first-order valence-electron chi connectivity index (χ1n) is 8.12. The lowest BCUT2D eigenvalue weighted by atomic mass is 10.1. The Morgan fingerprint density at radius 2 is 2.19 bits per heavy atom. The molecule has 0 saturated heterocycles. The summed E-state index contributed by atoms with van der Waals surface area (Å²) in [5.41, 5.74) is 4.55. The first kappa shape index (κ1) is 16.9. The number of carbonyl (C=O) groups excluding carboxylic acids is 1. The van der Waals surface area contributed by atoms with Crippen molar-refractivity contribution in [2.75, 3.05) is 11.1 Å². The largest absolute Gasteiger partial charge is 0.338 e. The van der Waals surface area contributed by atoms with Crippen LogP contribution in [-0.2, 0) is 11.2 Å². The number of aromatic nitrogens is 5. The van der Waals surface area contributed by atoms with Crippen LogP contribution < -0.4 is 5.32 Å². The van der Waals surface area contributed by atoms with E-state index in [2.05, 4.69) is 49.5 Å². The van der Waals surface area contributed by atoms with Crippen molar-refractivity contribution in [1.82, 2.24) is 25.1 Å². The Hall–Kier alpha value is -2.52. The van der Waals surface area contributed by atoms with Gasteiger partial charge in [0.25, 0.3) is 0 Å². The lowest BCUT2D eigenvalue weighted by molar-refractivity contribution is -0.113. The van der Waals surface area contributed by atoms with E-state index in [1.165, 1.54) is 28.7 Å². The molecule has 0 aliphatic heterocycles. The molecule has 7 nitrogen and oxygen atoms in total. The molecule has 2 N–H and O–H groups in total. The number of anilines is 1. The Bertz CT molecular complexity index is 1100. The van der Waals surface area contributed by atoms with E-state index in [-0.39, 0.29) is 11.7 Å². The first-order valence-corrected chi connectivity index (χ1v) is 9.98. The standard InChI is InChI=1S/C17H16N6OS2/c1-3-10-4-5-12-11(6-10)14-15(19-12)21-17(23-22-14)26-8-13(24)20-16-18-9(2)7-25-16/h4-7H,3,8H2,1-2H3,(H,18,20,24)(H,19,21,23). The molecular weight excluding hydrogens is 368 g/mol. The second-order valence-electron chi connectivity index (χ2n) is 5.78. The van der Waals surface area contributed by atoms with Crippen molar-refractivity contribution >= 4 is 56.2 Å². The average Bonchev–Trinajstić information content (AvgIpc) is 3.21. The number of benzene rings is 1. The Balaban J connectivity index is 1.50. The molecule has 3 aromatic heterocycles. The third-order valence-corrected chi connectivity index (χ3v) is 5.58. The van der Waals surface area contributed by atoms with Crippen molar-refractivity contribution in [3.05, 3.63) is 34.8 Å². The van der Waals surface area contributed by atoms with Gasteiger partial charge in [0.15, 0.2) is 10.8 Å². The number of aryl methyl sites for hydroxylation is 2. The van der Waals surface area contributed by atoms with E-state index in [4.69, 9.17) is 0 Å². The number of nitrogens with zero attached hydrogens (tertiary/aromatic N) is 4. The lowest BCUT2D eigenvalue weighted by Crippen LogP contribution is -2.14. The number of H-pyrrole nitrogens is 1. The number of hydrogen-bond acceptors (Lipinski definition) is 7. The highest BCUT2D eigenvalue weighted by Gasteiger charge is 2.12. The van der Waals surface area contributed by atoms with E-state index in [1.54, 1.807) is 0 Å². The monoisotopic (exact) mass is 384 g/mol. The third kappa shape index (κ3) is 3.40. The van der Waals surface area contributed by atoms with Crippen molar-refractivity contribution in [2.24, 2.45) is 0 Å². The second-order valence-corrected chi connectivity index (χ2v) is 7.58. The molecule has 0 radical (unpaired) electrons. The fourth-order valence-corrected chi connectivity index (χ4v) is 3.87. The van der Waals surface area contributed by atoms with Crippen LogP contribution >= 0.6 is 23.1 Å². The molecule has 132 valence electrons. The zero-order valence-corrected chi connectivity index (χ0v) is 15.9. The van der Waals surface area contributed by atoms with Crippen LogP contribution in [-0.4, -0.2) is 36.8 Å². The summed E-state index contributed by atoms with van der Waals surface area (Å²) in [7, 11) is 0. The van der Waals surface area contributed by atoms with Crippen molar-refractivity contribution in [3.63, 3.8) is 0 Å². The van der Waals surface area contributed by atoms with Gasteiger partial charge in [-0.25, -0.2) is 9.97 Å². The van der Waals surface area contributed by atoms with Gasteiger partial charge >= 0.3 is 0 Å². The summed E-state index contributed by atoms with van der Waals surface area (Å²) in [5, 5.41) is 15.2. The van der Waals surface area contributed by atoms with Crippen molar-refractivity contribution in [1.29, 1.82) is 0 Å². The third-order valence-electron chi connectivity index (χ3n) is 3.87. The molecule has 4 aromatic rings. The molecule has 0 saturated carbocycles. The molecular formula is C17H16N6OS2. The van der Waals surface area contributed by atoms with Crippen molar-refractivity contribution in [3.8, 4) is 0 Å². The maximum absolute atomic E-state index is 12.0. The first-order chi connectivity index (χ1) is 12.6. The fraction of sp³-hybridized carbons (Fsp3) is 0.235.